The number of aromatic nitrogens is 7. The van der Waals surface area contributed by atoms with Gasteiger partial charge < -0.3 is 19.9 Å². The summed E-state index contributed by atoms with van der Waals surface area (Å²) < 4.78 is 148. The highest BCUT2D eigenvalue weighted by Gasteiger charge is 2.36. The highest BCUT2D eigenvalue weighted by molar-refractivity contribution is 7.93. The number of rotatable bonds is 12. The lowest BCUT2D eigenvalue weighted by Crippen LogP contribution is -2.31. The Bertz CT molecular complexity index is 3060. The van der Waals surface area contributed by atoms with E-state index in [-0.39, 0.29) is 32.9 Å². The topological polar surface area (TPSA) is 311 Å². The summed E-state index contributed by atoms with van der Waals surface area (Å²) in [5, 5.41) is 20.1. The van der Waals surface area contributed by atoms with Crippen molar-refractivity contribution in [2.24, 2.45) is 16.0 Å². The second-order valence-corrected chi connectivity index (χ2v) is 18.2. The highest BCUT2D eigenvalue weighted by Crippen LogP contribution is 2.38. The Hall–Kier alpha value is -6.22. The Morgan fingerprint density at radius 1 is 0.761 bits per heavy atom. The lowest BCUT2D eigenvalue weighted by atomic mass is 10.2. The predicted molar refractivity (Wildman–Crippen MR) is 248 cm³/mol. The van der Waals surface area contributed by atoms with E-state index in [0.29, 0.717) is 17.8 Å². The van der Waals surface area contributed by atoms with Crippen molar-refractivity contribution in [3.8, 4) is 11.5 Å². The number of amides is 1. The fourth-order valence-electron chi connectivity index (χ4n) is 5.22. The van der Waals surface area contributed by atoms with Gasteiger partial charge in [0.25, 0.3) is 32.4 Å². The predicted octanol–water partition coefficient (Wildman–Crippen LogP) is 7.09. The molecule has 0 bridgehead atoms. The molecule has 0 atom stereocenters. The number of sulfonamides is 2. The second kappa shape index (κ2) is 24.8. The number of nitrogens with two attached hydrogens (primary N) is 2. The standard InChI is InChI=1S/C17H10Cl2F3N7O2S.C13H9Cl2F3N4O3S.C4H10O3.C3H5N3/c18-9-3-14(15(23-5-9)16-27-26-8-29(16)10-6-24-25-7-10)28-32(30,31)11-1-2-13(19)12(4-11)17(20,21)22;14-6-3-10(11(20-5-6)12(23)21-19)22-26(24,25)7-1-2-9(15)8(4-7)13(16,17)18;1-5-4(6-2)7-3;4-3-1-5-6-2-3/h1-8,10,28H;1-5,22H,19H2,(H,21,23);4H,1-3H3;1-2H,4H2,(H,5,6). The maximum absolute atomic E-state index is 13.2. The van der Waals surface area contributed by atoms with E-state index in [2.05, 4.69) is 59.5 Å². The molecule has 1 amide bonds. The first-order valence-electron chi connectivity index (χ1n) is 18.7. The Morgan fingerprint density at radius 2 is 1.25 bits per heavy atom. The van der Waals surface area contributed by atoms with E-state index >= 15 is 0 Å². The van der Waals surface area contributed by atoms with Crippen molar-refractivity contribution >= 4 is 102 Å². The van der Waals surface area contributed by atoms with Crippen LogP contribution < -0.4 is 26.4 Å². The van der Waals surface area contributed by atoms with Crippen LogP contribution in [-0.2, 0) is 46.6 Å². The third-order valence-electron chi connectivity index (χ3n) is 8.36. The van der Waals surface area contributed by atoms with Gasteiger partial charge in [0, 0.05) is 39.9 Å². The first kappa shape index (κ1) is 57.4. The summed E-state index contributed by atoms with van der Waals surface area (Å²) in [6.45, 7) is -0.514. The van der Waals surface area contributed by atoms with Crippen molar-refractivity contribution in [2.75, 3.05) is 36.5 Å². The summed E-state index contributed by atoms with van der Waals surface area (Å²) in [6.07, 6.45) is 0.171. The summed E-state index contributed by atoms with van der Waals surface area (Å²) >= 11 is 22.7. The number of hydrogen-bond donors (Lipinski definition) is 6. The van der Waals surface area contributed by atoms with Crippen LogP contribution in [0.4, 0.5) is 43.4 Å². The third kappa shape index (κ3) is 15.9. The van der Waals surface area contributed by atoms with E-state index in [1.54, 1.807) is 17.8 Å². The smallest absolute Gasteiger partial charge is 0.396 e. The van der Waals surface area contributed by atoms with Gasteiger partial charge >= 0.3 is 12.4 Å². The number of pyridine rings is 2. The SMILES string of the molecule is COC(OC)OC.NNC(=O)c1ncc(Cl)cc1NS(=O)(=O)c1ccc(Cl)c(C(F)(F)F)c1.Nc1cn[nH]c1.O=S(=O)(Nc1cc(Cl)cnc1-c1nncn1C1C=NN=C1)c1ccc(Cl)c(C(F)(F)F)c1. The number of methoxy groups -OCH3 is 3. The van der Waals surface area contributed by atoms with Crippen LogP contribution in [0.2, 0.25) is 20.1 Å². The van der Waals surface area contributed by atoms with Crippen molar-refractivity contribution in [2.45, 2.75) is 34.7 Å². The number of nitrogen functional groups attached to an aromatic ring is 2. The molecule has 0 saturated heterocycles. The van der Waals surface area contributed by atoms with Gasteiger partial charge in [-0.2, -0.15) is 41.6 Å². The highest BCUT2D eigenvalue weighted by atomic mass is 35.5. The molecule has 1 aliphatic rings. The van der Waals surface area contributed by atoms with Crippen LogP contribution in [0.3, 0.4) is 0 Å². The summed E-state index contributed by atoms with van der Waals surface area (Å²) in [4.78, 5) is 18.0. The molecule has 0 spiro atoms. The fourth-order valence-corrected chi connectivity index (χ4v) is 8.15. The monoisotopic (exact) mass is 1120 g/mol. The fraction of sp³-hybridized carbons (Fsp3) is 0.189. The molecule has 0 radical (unpaired) electrons. The molecule has 0 saturated carbocycles. The van der Waals surface area contributed by atoms with Gasteiger partial charge in [0.2, 0.25) is 0 Å². The number of halogens is 10. The zero-order valence-corrected chi connectivity index (χ0v) is 40.6. The number of nitrogens with zero attached hydrogens (tertiary/aromatic N) is 8. The van der Waals surface area contributed by atoms with Crippen LogP contribution in [0, 0.1) is 0 Å². The molecule has 71 heavy (non-hydrogen) atoms. The van der Waals surface area contributed by atoms with Crippen LogP contribution >= 0.6 is 46.4 Å². The largest absolute Gasteiger partial charge is 0.417 e. The molecule has 0 fully saturated rings. The molecule has 8 N–H and O–H groups in total. The third-order valence-corrected chi connectivity index (χ3v) is 12.2. The maximum Gasteiger partial charge on any atom is 0.417 e. The summed E-state index contributed by atoms with van der Waals surface area (Å²) in [6, 6.07) is 6.14. The second-order valence-electron chi connectivity index (χ2n) is 13.2. The molecule has 5 heterocycles. The zero-order chi connectivity index (χ0) is 52.9. The van der Waals surface area contributed by atoms with Gasteiger partial charge in [0.05, 0.1) is 76.7 Å². The Labute approximate surface area is 417 Å². The number of carbonyl (C=O) groups excluding carboxylic acids is 1. The summed E-state index contributed by atoms with van der Waals surface area (Å²) in [7, 11) is -4.48. The van der Waals surface area contributed by atoms with Crippen molar-refractivity contribution in [3.63, 3.8) is 0 Å². The molecule has 34 heteroatoms. The van der Waals surface area contributed by atoms with E-state index in [4.69, 9.17) is 58.0 Å². The minimum Gasteiger partial charge on any atom is -0.396 e. The lowest BCUT2D eigenvalue weighted by Gasteiger charge is -2.15. The first-order chi connectivity index (χ1) is 33.3. The molecule has 0 unspecified atom stereocenters. The lowest BCUT2D eigenvalue weighted by molar-refractivity contribution is -0.252. The molecule has 1 aliphatic heterocycles. The number of hydrazine groups is 1. The molecule has 4 aromatic heterocycles. The molecular weight excluding hydrogens is 1090 g/mol. The summed E-state index contributed by atoms with van der Waals surface area (Å²) in [5.41, 5.74) is 4.12. The van der Waals surface area contributed by atoms with Crippen molar-refractivity contribution in [3.05, 3.63) is 117 Å². The van der Waals surface area contributed by atoms with Crippen LogP contribution in [0.1, 0.15) is 27.7 Å². The summed E-state index contributed by atoms with van der Waals surface area (Å²) in [5.74, 6) is 4.19. The average molecular weight is 1120 g/mol. The molecule has 382 valence electrons. The molecule has 7 rings (SSSR count). The molecule has 6 aromatic rings. The number of carbonyl (C=O) groups is 1. The molecule has 22 nitrogen and oxygen atoms in total. The van der Waals surface area contributed by atoms with E-state index in [1.165, 1.54) is 56.9 Å². The number of ether oxygens (including phenoxy) is 3. The van der Waals surface area contributed by atoms with E-state index in [0.717, 1.165) is 36.5 Å². The van der Waals surface area contributed by atoms with Crippen molar-refractivity contribution < 1.29 is 62.2 Å². The quantitative estimate of drug-likeness (QED) is 0.0234. The van der Waals surface area contributed by atoms with E-state index < -0.39 is 87.5 Å². The van der Waals surface area contributed by atoms with Gasteiger partial charge in [0.15, 0.2) is 11.5 Å². The van der Waals surface area contributed by atoms with Crippen LogP contribution in [-0.4, -0.2) is 97.9 Å². The van der Waals surface area contributed by atoms with Crippen molar-refractivity contribution in [1.82, 2.24) is 40.4 Å². The molecule has 2 aromatic carbocycles. The van der Waals surface area contributed by atoms with E-state index in [1.807, 2.05) is 4.72 Å². The number of hydrogen-bond acceptors (Lipinski definition) is 17. The van der Waals surface area contributed by atoms with Gasteiger partial charge in [-0.1, -0.05) is 46.4 Å². The van der Waals surface area contributed by atoms with Gasteiger partial charge in [0.1, 0.15) is 18.1 Å². The minimum absolute atomic E-state index is 0.0247. The number of nitrogens with one attached hydrogen (secondary N) is 4. The normalized spacial score (nSPS) is 12.5. The van der Waals surface area contributed by atoms with Gasteiger partial charge in [-0.15, -0.1) is 10.2 Å². The van der Waals surface area contributed by atoms with Crippen LogP contribution in [0.25, 0.3) is 11.5 Å². The van der Waals surface area contributed by atoms with Gasteiger partial charge in [-0.25, -0.2) is 32.6 Å². The number of alkyl halides is 6. The average Bonchev–Trinajstić information content (AvgIpc) is 4.11. The first-order valence-corrected chi connectivity index (χ1v) is 23.1. The van der Waals surface area contributed by atoms with Crippen molar-refractivity contribution in [1.29, 1.82) is 0 Å². The number of H-pyrrole nitrogens is 1. The van der Waals surface area contributed by atoms with Crippen LogP contribution in [0.15, 0.2) is 99.6 Å². The minimum atomic E-state index is -4.86. The van der Waals surface area contributed by atoms with Crippen LogP contribution in [0.5, 0.6) is 0 Å². The Kier molecular flexibility index (Phi) is 20.0. The Balaban J connectivity index is 0.000000249. The van der Waals surface area contributed by atoms with Gasteiger partial charge in [-0.3, -0.25) is 29.3 Å². The zero-order valence-electron chi connectivity index (χ0n) is 35.9. The number of aromatic amines is 1. The number of benzene rings is 2. The molecular formula is C37H34Cl4F6N14O8S2. The van der Waals surface area contributed by atoms with Gasteiger partial charge in [-0.05, 0) is 48.5 Å². The number of anilines is 3. The Morgan fingerprint density at radius 3 is 1.68 bits per heavy atom. The van der Waals surface area contributed by atoms with E-state index in [9.17, 15) is 48.0 Å². The molecule has 0 aliphatic carbocycles. The maximum atomic E-state index is 13.2.